The summed E-state index contributed by atoms with van der Waals surface area (Å²) in [7, 11) is -3.25. The second-order valence-corrected chi connectivity index (χ2v) is 8.82. The number of halogens is 1. The van der Waals surface area contributed by atoms with Crippen LogP contribution in [0.15, 0.2) is 18.3 Å². The molecule has 0 aliphatic carbocycles. The Labute approximate surface area is 159 Å². The van der Waals surface area contributed by atoms with Crippen LogP contribution < -0.4 is 9.62 Å². The maximum Gasteiger partial charge on any atom is 0.211 e. The van der Waals surface area contributed by atoms with Crippen LogP contribution in [0.2, 0.25) is 0 Å². The lowest BCUT2D eigenvalue weighted by Crippen LogP contribution is -2.45. The Morgan fingerprint density at radius 2 is 2.07 bits per heavy atom. The average Bonchev–Trinajstić information content (AvgIpc) is 2.61. The Bertz CT molecular complexity index is 993. The van der Waals surface area contributed by atoms with E-state index < -0.39 is 10.0 Å². The first-order valence-corrected chi connectivity index (χ1v) is 10.7. The molecule has 1 saturated heterocycles. The number of piperidine rings is 1. The zero-order valence-electron chi connectivity index (χ0n) is 15.5. The number of fused-ring (bicyclic) bond motifs is 1. The molecule has 27 heavy (non-hydrogen) atoms. The predicted octanol–water partition coefficient (Wildman–Crippen LogP) is 2.85. The summed E-state index contributed by atoms with van der Waals surface area (Å²) in [6.45, 7) is 4.80. The minimum atomic E-state index is -3.25. The smallest absolute Gasteiger partial charge is 0.211 e. The van der Waals surface area contributed by atoms with Gasteiger partial charge in [-0.1, -0.05) is 6.92 Å². The number of benzene rings is 1. The highest BCUT2D eigenvalue weighted by Gasteiger charge is 2.26. The molecule has 0 unspecified atom stereocenters. The highest BCUT2D eigenvalue weighted by molar-refractivity contribution is 7.89. The molecule has 8 heteroatoms. The number of nitrogens with one attached hydrogen (secondary N) is 1. The Balaban J connectivity index is 1.88. The van der Waals surface area contributed by atoms with Crippen molar-refractivity contribution in [2.45, 2.75) is 39.2 Å². The van der Waals surface area contributed by atoms with Gasteiger partial charge >= 0.3 is 0 Å². The molecule has 2 heterocycles. The summed E-state index contributed by atoms with van der Waals surface area (Å²) in [6.07, 6.45) is 3.37. The summed E-state index contributed by atoms with van der Waals surface area (Å²) in [4.78, 5) is 6.36. The molecule has 1 aliphatic heterocycles. The summed E-state index contributed by atoms with van der Waals surface area (Å²) in [5.41, 5.74) is 2.48. The van der Waals surface area contributed by atoms with Crippen LogP contribution in [0.5, 0.6) is 0 Å². The second-order valence-electron chi connectivity index (χ2n) is 6.95. The number of aromatic nitrogens is 1. The standard InChI is InChI=1S/C19H23FN4O2S/c1-3-8-27(25,26)23-16-4-6-24(7-5-16)19-14(11-21)12-22-18-13(2)9-15(20)10-17(18)19/h9-10,12,16,23H,3-8H2,1-2H3. The van der Waals surface area contributed by atoms with Crippen molar-refractivity contribution in [3.63, 3.8) is 0 Å². The van der Waals surface area contributed by atoms with E-state index in [-0.39, 0.29) is 17.6 Å². The molecule has 0 bridgehead atoms. The van der Waals surface area contributed by atoms with Crippen LogP contribution in [-0.2, 0) is 10.0 Å². The molecule has 0 amide bonds. The van der Waals surface area contributed by atoms with Crippen molar-refractivity contribution in [2.24, 2.45) is 0 Å². The van der Waals surface area contributed by atoms with Crippen LogP contribution in [0.1, 0.15) is 37.3 Å². The molecule has 1 N–H and O–H groups in total. The molecule has 1 aliphatic rings. The van der Waals surface area contributed by atoms with Crippen molar-refractivity contribution in [1.29, 1.82) is 5.26 Å². The number of hydrogen-bond donors (Lipinski definition) is 1. The third kappa shape index (κ3) is 4.20. The van der Waals surface area contributed by atoms with Crippen molar-refractivity contribution < 1.29 is 12.8 Å². The van der Waals surface area contributed by atoms with Gasteiger partial charge in [0.05, 0.1) is 22.5 Å². The summed E-state index contributed by atoms with van der Waals surface area (Å²) in [5.74, 6) is -0.236. The van der Waals surface area contributed by atoms with E-state index in [0.29, 0.717) is 54.5 Å². The van der Waals surface area contributed by atoms with Crippen molar-refractivity contribution in [2.75, 3.05) is 23.7 Å². The van der Waals surface area contributed by atoms with E-state index in [1.165, 1.54) is 18.3 Å². The Kier molecular flexibility index (Phi) is 5.63. The number of anilines is 1. The van der Waals surface area contributed by atoms with Gasteiger partial charge in [-0.05, 0) is 43.9 Å². The molecule has 0 saturated carbocycles. The number of nitriles is 1. The van der Waals surface area contributed by atoms with Gasteiger partial charge in [-0.3, -0.25) is 4.98 Å². The molecule has 1 aromatic carbocycles. The summed E-state index contributed by atoms with van der Waals surface area (Å²) < 4.78 is 40.7. The monoisotopic (exact) mass is 390 g/mol. The van der Waals surface area contributed by atoms with Gasteiger partial charge in [0.25, 0.3) is 0 Å². The maximum atomic E-state index is 14.0. The minimum Gasteiger partial charge on any atom is -0.370 e. The lowest BCUT2D eigenvalue weighted by Gasteiger charge is -2.35. The maximum absolute atomic E-state index is 14.0. The van der Waals surface area contributed by atoms with E-state index in [9.17, 15) is 18.1 Å². The molecule has 144 valence electrons. The molecule has 6 nitrogen and oxygen atoms in total. The first-order chi connectivity index (χ1) is 12.8. The van der Waals surface area contributed by atoms with E-state index in [0.717, 1.165) is 5.56 Å². The third-order valence-electron chi connectivity index (χ3n) is 4.85. The molecule has 1 aromatic heterocycles. The lowest BCUT2D eigenvalue weighted by atomic mass is 10.0. The van der Waals surface area contributed by atoms with Crippen molar-refractivity contribution >= 4 is 26.6 Å². The Hall–Kier alpha value is -2.24. The van der Waals surface area contributed by atoms with Gasteiger partial charge in [0.2, 0.25) is 10.0 Å². The Morgan fingerprint density at radius 3 is 2.70 bits per heavy atom. The van der Waals surface area contributed by atoms with Crippen molar-refractivity contribution in [3.05, 3.63) is 35.3 Å². The largest absolute Gasteiger partial charge is 0.370 e. The van der Waals surface area contributed by atoms with Crippen LogP contribution in [0.3, 0.4) is 0 Å². The van der Waals surface area contributed by atoms with Gasteiger partial charge in [0, 0.05) is 30.7 Å². The summed E-state index contributed by atoms with van der Waals surface area (Å²) >= 11 is 0. The molecular formula is C19H23FN4O2S. The number of hydrogen-bond acceptors (Lipinski definition) is 5. The van der Waals surface area contributed by atoms with Crippen LogP contribution >= 0.6 is 0 Å². The van der Waals surface area contributed by atoms with E-state index >= 15 is 0 Å². The molecule has 0 atom stereocenters. The van der Waals surface area contributed by atoms with Crippen LogP contribution in [0, 0.1) is 24.1 Å². The number of pyridine rings is 1. The first-order valence-electron chi connectivity index (χ1n) is 9.08. The van der Waals surface area contributed by atoms with Crippen molar-refractivity contribution in [3.8, 4) is 6.07 Å². The third-order valence-corrected chi connectivity index (χ3v) is 6.49. The molecule has 2 aromatic rings. The minimum absolute atomic E-state index is 0.116. The van der Waals surface area contributed by atoms with Gasteiger partial charge < -0.3 is 4.90 Å². The zero-order chi connectivity index (χ0) is 19.6. The molecule has 3 rings (SSSR count). The van der Waals surface area contributed by atoms with Crippen LogP contribution in [0.25, 0.3) is 10.9 Å². The van der Waals surface area contributed by atoms with Gasteiger partial charge in [0.1, 0.15) is 11.9 Å². The van der Waals surface area contributed by atoms with Crippen molar-refractivity contribution in [1.82, 2.24) is 9.71 Å². The first kappa shape index (κ1) is 19.5. The predicted molar refractivity (Wildman–Crippen MR) is 104 cm³/mol. The molecule has 1 fully saturated rings. The van der Waals surface area contributed by atoms with Gasteiger partial charge in [0.15, 0.2) is 0 Å². The topological polar surface area (TPSA) is 86.1 Å². The number of sulfonamides is 1. The lowest BCUT2D eigenvalue weighted by molar-refractivity contribution is 0.460. The highest BCUT2D eigenvalue weighted by Crippen LogP contribution is 2.33. The fraction of sp³-hybridized carbons (Fsp3) is 0.474. The number of rotatable bonds is 5. The zero-order valence-corrected chi connectivity index (χ0v) is 16.3. The molecule has 0 spiro atoms. The van der Waals surface area contributed by atoms with E-state index in [1.54, 1.807) is 6.92 Å². The second kappa shape index (κ2) is 7.79. The van der Waals surface area contributed by atoms with Gasteiger partial charge in [-0.25, -0.2) is 17.5 Å². The van der Waals surface area contributed by atoms with E-state index in [4.69, 9.17) is 0 Å². The van der Waals surface area contributed by atoms with Crippen LogP contribution in [-0.4, -0.2) is 38.3 Å². The Morgan fingerprint density at radius 1 is 1.37 bits per heavy atom. The summed E-state index contributed by atoms with van der Waals surface area (Å²) in [5, 5.41) is 10.1. The van der Waals surface area contributed by atoms with E-state index in [1.807, 2.05) is 11.8 Å². The fourth-order valence-corrected chi connectivity index (χ4v) is 5.05. The fourth-order valence-electron chi connectivity index (χ4n) is 3.65. The average molecular weight is 390 g/mol. The van der Waals surface area contributed by atoms with E-state index in [2.05, 4.69) is 15.8 Å². The molecular weight excluding hydrogens is 367 g/mol. The van der Waals surface area contributed by atoms with Gasteiger partial charge in [-0.2, -0.15) is 5.26 Å². The number of aryl methyl sites for hydroxylation is 1. The van der Waals surface area contributed by atoms with Gasteiger partial charge in [-0.15, -0.1) is 0 Å². The normalized spacial score (nSPS) is 15.9. The van der Waals surface area contributed by atoms with Crippen LogP contribution in [0.4, 0.5) is 10.1 Å². The summed E-state index contributed by atoms with van der Waals surface area (Å²) in [6, 6.07) is 4.88. The number of nitrogens with zero attached hydrogens (tertiary/aromatic N) is 3. The SMILES string of the molecule is CCCS(=O)(=O)NC1CCN(c2c(C#N)cnc3c(C)cc(F)cc23)CC1. The highest BCUT2D eigenvalue weighted by atomic mass is 32.2. The quantitative estimate of drug-likeness (QED) is 0.848. The molecule has 0 radical (unpaired) electrons.